The minimum atomic E-state index is -0.0981. The number of hydrogen-bond acceptors (Lipinski definition) is 3. The fourth-order valence-corrected chi connectivity index (χ4v) is 10.7. The fourth-order valence-electron chi connectivity index (χ4n) is 10.7. The van der Waals surface area contributed by atoms with E-state index in [4.69, 9.17) is 4.42 Å². The van der Waals surface area contributed by atoms with Crippen LogP contribution in [0.15, 0.2) is 211 Å². The SMILES string of the molecule is CC(C)(C)c1ccc(N(c2ccc(-c3ccccc3)cc2)c2ccc3c(c2)oc2c4cc(C(C)(C)C)cc5c6cc(N(c7ccc(-c8ccccc8)cc7)c7ccc(C(C)(C)C)cc7)ccc6n(c54)c32)cc1. The first-order valence-electron chi connectivity index (χ1n) is 25.4. The van der Waals surface area contributed by atoms with Gasteiger partial charge in [-0.25, -0.2) is 0 Å². The molecule has 0 saturated heterocycles. The molecule has 3 heterocycles. The van der Waals surface area contributed by atoms with E-state index in [1.807, 2.05) is 0 Å². The molecule has 0 N–H and O–H groups in total. The molecule has 0 aliphatic carbocycles. The second-order valence-electron chi connectivity index (χ2n) is 22.8. The van der Waals surface area contributed by atoms with Crippen LogP contribution < -0.4 is 9.80 Å². The van der Waals surface area contributed by atoms with Crippen molar-refractivity contribution in [3.8, 4) is 22.3 Å². The van der Waals surface area contributed by atoms with Crippen LogP contribution in [0.4, 0.5) is 34.1 Å². The standard InChI is InChI=1S/C68H61N3O/c1-66(2,3)48-24-32-53(33-25-48)69(51-28-20-46(21-29-51)44-16-12-10-13-17-44)55-37-39-61-58(42-55)59-40-50(68(7,8)9)41-60-63(59)71(61)64-57-38-36-56(43-62(57)72-65(60)64)70(54-34-26-49(27-35-54)67(4,5)6)52-30-22-47(23-31-52)45-18-14-11-15-19-45/h10-43H,1-9H3. The molecular formula is C68H61N3O. The van der Waals surface area contributed by atoms with Crippen molar-refractivity contribution in [2.24, 2.45) is 0 Å². The van der Waals surface area contributed by atoms with Gasteiger partial charge in [-0.1, -0.05) is 172 Å². The molecule has 12 rings (SSSR count). The Kier molecular flexibility index (Phi) is 10.5. The Morgan fingerprint density at radius 3 is 1.19 bits per heavy atom. The largest absolute Gasteiger partial charge is 0.454 e. The molecule has 0 aliphatic heterocycles. The van der Waals surface area contributed by atoms with E-state index < -0.39 is 0 Å². The Morgan fingerprint density at radius 1 is 0.319 bits per heavy atom. The number of nitrogens with zero attached hydrogens (tertiary/aromatic N) is 3. The molecule has 12 aromatic rings. The van der Waals surface area contributed by atoms with Crippen LogP contribution in [0.3, 0.4) is 0 Å². The average molecular weight is 936 g/mol. The van der Waals surface area contributed by atoms with E-state index in [2.05, 4.69) is 283 Å². The molecule has 0 spiro atoms. The molecule has 0 unspecified atom stereocenters. The predicted octanol–water partition coefficient (Wildman–Crippen LogP) is 19.7. The summed E-state index contributed by atoms with van der Waals surface area (Å²) >= 11 is 0. The third-order valence-corrected chi connectivity index (χ3v) is 14.8. The third-order valence-electron chi connectivity index (χ3n) is 14.8. The Hall–Kier alpha value is -8.08. The van der Waals surface area contributed by atoms with Crippen LogP contribution in [0, 0.1) is 0 Å². The van der Waals surface area contributed by atoms with Gasteiger partial charge < -0.3 is 18.6 Å². The zero-order valence-corrected chi connectivity index (χ0v) is 42.9. The number of furan rings is 1. The number of hydrogen-bond donors (Lipinski definition) is 0. The van der Waals surface area contributed by atoms with Gasteiger partial charge in [-0.2, -0.15) is 0 Å². The van der Waals surface area contributed by atoms with Crippen molar-refractivity contribution in [1.29, 1.82) is 0 Å². The summed E-state index contributed by atoms with van der Waals surface area (Å²) in [7, 11) is 0. The monoisotopic (exact) mass is 935 g/mol. The van der Waals surface area contributed by atoms with E-state index in [-0.39, 0.29) is 16.2 Å². The second kappa shape index (κ2) is 16.8. The topological polar surface area (TPSA) is 24.0 Å². The number of aromatic nitrogens is 1. The summed E-state index contributed by atoms with van der Waals surface area (Å²) in [6.45, 7) is 20.6. The van der Waals surface area contributed by atoms with Crippen molar-refractivity contribution < 1.29 is 4.42 Å². The Bertz CT molecular complexity index is 3920. The van der Waals surface area contributed by atoms with Gasteiger partial charge in [0.2, 0.25) is 0 Å². The molecule has 4 nitrogen and oxygen atoms in total. The van der Waals surface area contributed by atoms with Crippen LogP contribution >= 0.6 is 0 Å². The summed E-state index contributed by atoms with van der Waals surface area (Å²) in [4.78, 5) is 4.75. The average Bonchev–Trinajstić information content (AvgIpc) is 4.02. The smallest absolute Gasteiger partial charge is 0.161 e. The maximum Gasteiger partial charge on any atom is 0.161 e. The molecule has 0 amide bonds. The summed E-state index contributed by atoms with van der Waals surface area (Å²) in [6.07, 6.45) is 0. The summed E-state index contributed by atoms with van der Waals surface area (Å²) in [5.41, 5.74) is 20.4. The van der Waals surface area contributed by atoms with Gasteiger partial charge in [-0.15, -0.1) is 0 Å². The van der Waals surface area contributed by atoms with Crippen LogP contribution in [0.1, 0.15) is 79.0 Å². The highest BCUT2D eigenvalue weighted by atomic mass is 16.3. The van der Waals surface area contributed by atoms with Gasteiger partial charge in [0.15, 0.2) is 5.58 Å². The molecule has 0 bridgehead atoms. The van der Waals surface area contributed by atoms with Crippen LogP contribution in [0.5, 0.6) is 0 Å². The van der Waals surface area contributed by atoms with Crippen molar-refractivity contribution in [3.63, 3.8) is 0 Å². The van der Waals surface area contributed by atoms with Gasteiger partial charge in [0, 0.05) is 61.7 Å². The van der Waals surface area contributed by atoms with Gasteiger partial charge in [-0.05, 0) is 146 Å². The zero-order chi connectivity index (χ0) is 49.7. The maximum absolute atomic E-state index is 7.16. The molecule has 354 valence electrons. The van der Waals surface area contributed by atoms with Crippen LogP contribution in [-0.4, -0.2) is 4.40 Å². The molecule has 4 heteroatoms. The predicted molar refractivity (Wildman–Crippen MR) is 307 cm³/mol. The highest BCUT2D eigenvalue weighted by molar-refractivity contribution is 6.26. The highest BCUT2D eigenvalue weighted by Crippen LogP contribution is 2.48. The number of benzene rings is 9. The van der Waals surface area contributed by atoms with Crippen LogP contribution in [0.25, 0.3) is 71.5 Å². The van der Waals surface area contributed by atoms with Crippen LogP contribution in [-0.2, 0) is 16.2 Å². The molecule has 0 atom stereocenters. The number of anilines is 6. The van der Waals surface area contributed by atoms with Gasteiger partial charge in [0.25, 0.3) is 0 Å². The summed E-state index contributed by atoms with van der Waals surface area (Å²) in [5.74, 6) is 0. The Morgan fingerprint density at radius 2 is 0.722 bits per heavy atom. The van der Waals surface area contributed by atoms with Crippen molar-refractivity contribution in [2.45, 2.75) is 78.6 Å². The Labute approximate surface area is 423 Å². The minimum absolute atomic E-state index is 0.0416. The highest BCUT2D eigenvalue weighted by Gasteiger charge is 2.28. The molecule has 3 aromatic heterocycles. The Balaban J connectivity index is 1.03. The van der Waals surface area contributed by atoms with Crippen molar-refractivity contribution in [1.82, 2.24) is 4.40 Å². The molecule has 0 radical (unpaired) electrons. The van der Waals surface area contributed by atoms with Gasteiger partial charge in [0.05, 0.1) is 11.0 Å². The molecule has 9 aromatic carbocycles. The van der Waals surface area contributed by atoms with E-state index in [9.17, 15) is 0 Å². The van der Waals surface area contributed by atoms with Crippen molar-refractivity contribution in [3.05, 3.63) is 223 Å². The quantitative estimate of drug-likeness (QED) is 0.152. The first-order valence-corrected chi connectivity index (χ1v) is 25.4. The van der Waals surface area contributed by atoms with Gasteiger partial charge >= 0.3 is 0 Å². The van der Waals surface area contributed by atoms with E-state index in [1.165, 1.54) is 55.2 Å². The van der Waals surface area contributed by atoms with Gasteiger partial charge in [-0.3, -0.25) is 0 Å². The lowest BCUT2D eigenvalue weighted by Gasteiger charge is -2.27. The summed E-state index contributed by atoms with van der Waals surface area (Å²) < 4.78 is 9.63. The molecule has 0 fully saturated rings. The number of fused-ring (bicyclic) bond motifs is 8. The van der Waals surface area contributed by atoms with Crippen LogP contribution in [0.2, 0.25) is 0 Å². The van der Waals surface area contributed by atoms with E-state index in [0.29, 0.717) is 0 Å². The third kappa shape index (κ3) is 7.77. The lowest BCUT2D eigenvalue weighted by molar-refractivity contribution is 0.590. The van der Waals surface area contributed by atoms with E-state index >= 15 is 0 Å². The molecular weight excluding hydrogens is 875 g/mol. The van der Waals surface area contributed by atoms with E-state index in [0.717, 1.165) is 67.1 Å². The second-order valence-corrected chi connectivity index (χ2v) is 22.8. The van der Waals surface area contributed by atoms with Crippen molar-refractivity contribution >= 4 is 83.4 Å². The van der Waals surface area contributed by atoms with Gasteiger partial charge in [0.1, 0.15) is 11.1 Å². The normalized spacial score (nSPS) is 12.5. The number of rotatable bonds is 8. The molecule has 0 saturated carbocycles. The lowest BCUT2D eigenvalue weighted by atomic mass is 9.85. The van der Waals surface area contributed by atoms with E-state index in [1.54, 1.807) is 0 Å². The minimum Gasteiger partial charge on any atom is -0.454 e. The maximum atomic E-state index is 7.16. The zero-order valence-electron chi connectivity index (χ0n) is 42.9. The molecule has 0 aliphatic rings. The van der Waals surface area contributed by atoms with Crippen molar-refractivity contribution in [2.75, 3.05) is 9.80 Å². The fraction of sp³-hybridized carbons (Fsp3) is 0.176. The lowest BCUT2D eigenvalue weighted by Crippen LogP contribution is -2.13. The summed E-state index contributed by atoms with van der Waals surface area (Å²) in [5, 5.41) is 4.68. The summed E-state index contributed by atoms with van der Waals surface area (Å²) in [6, 6.07) is 75.9. The first kappa shape index (κ1) is 45.1. The first-order chi connectivity index (χ1) is 34.6. The molecule has 72 heavy (non-hydrogen) atoms.